The van der Waals surface area contributed by atoms with E-state index in [0.29, 0.717) is 13.1 Å². The van der Waals surface area contributed by atoms with Gasteiger partial charge in [-0.3, -0.25) is 4.40 Å². The smallest absolute Gasteiger partial charge is 0.139 e. The maximum Gasteiger partial charge on any atom is 0.139 e. The van der Waals surface area contributed by atoms with Crippen molar-refractivity contribution in [2.24, 2.45) is 0 Å². The van der Waals surface area contributed by atoms with Gasteiger partial charge in [0.25, 0.3) is 0 Å². The summed E-state index contributed by atoms with van der Waals surface area (Å²) in [6.07, 6.45) is -0.702. The van der Waals surface area contributed by atoms with Crippen LogP contribution in [-0.4, -0.2) is 28.6 Å². The van der Waals surface area contributed by atoms with Gasteiger partial charge in [0.15, 0.2) is 0 Å². The van der Waals surface area contributed by atoms with Gasteiger partial charge in [-0.2, -0.15) is 0 Å². The molecule has 19 heavy (non-hydrogen) atoms. The highest BCUT2D eigenvalue weighted by atomic mass is 18.2. The Morgan fingerprint density at radius 2 is 2.05 bits per heavy atom. The lowest BCUT2D eigenvalue weighted by molar-refractivity contribution is 0.273. The van der Waals surface area contributed by atoms with Crippen LogP contribution in [0.3, 0.4) is 0 Å². The van der Waals surface area contributed by atoms with E-state index in [1.165, 1.54) is 5.56 Å². The van der Waals surface area contributed by atoms with E-state index in [1.54, 1.807) is 0 Å². The van der Waals surface area contributed by atoms with E-state index in [9.17, 15) is 4.39 Å². The predicted octanol–water partition coefficient (Wildman–Crippen LogP) is 2.95. The van der Waals surface area contributed by atoms with E-state index >= 15 is 0 Å². The number of benzene rings is 1. The van der Waals surface area contributed by atoms with Crippen LogP contribution >= 0.6 is 0 Å². The van der Waals surface area contributed by atoms with Gasteiger partial charge in [-0.1, -0.05) is 12.1 Å². The van der Waals surface area contributed by atoms with E-state index < -0.39 is 6.17 Å². The lowest BCUT2D eigenvalue weighted by Crippen LogP contribution is -2.49. The number of aromatic nitrogens is 2. The number of imidazole rings is 1. The molecule has 1 aliphatic heterocycles. The zero-order chi connectivity index (χ0) is 13.0. The molecule has 0 atom stereocenters. The summed E-state index contributed by atoms with van der Waals surface area (Å²) in [5, 5.41) is 0. The monoisotopic (exact) mass is 254 g/mol. The fraction of sp³-hybridized carbons (Fsp3) is 0.267. The van der Waals surface area contributed by atoms with Crippen LogP contribution in [0.4, 0.5) is 10.2 Å². The second-order valence-corrected chi connectivity index (χ2v) is 5.18. The van der Waals surface area contributed by atoms with Gasteiger partial charge >= 0.3 is 0 Å². The Balaban J connectivity index is 2.02. The summed E-state index contributed by atoms with van der Waals surface area (Å²) in [4.78, 5) is 6.68. The molecule has 1 fully saturated rings. The van der Waals surface area contributed by atoms with Gasteiger partial charge in [-0.05, 0) is 36.8 Å². The van der Waals surface area contributed by atoms with Crippen molar-refractivity contribution in [3.8, 4) is 0 Å². The molecule has 1 aromatic carbocycles. The average molecular weight is 254 g/mol. The van der Waals surface area contributed by atoms with Crippen LogP contribution < -0.4 is 4.90 Å². The molecule has 0 saturated carbocycles. The molecule has 3 heterocycles. The SMILES string of the molecule is Cc1ccc2nc3cccc(N4CC([18F])C4)n3c2c1. The Morgan fingerprint density at radius 3 is 2.84 bits per heavy atom. The normalized spacial score (nSPS) is 16.2. The molecule has 3 aromatic rings. The van der Waals surface area contributed by atoms with Crippen LogP contribution in [0.5, 0.6) is 0 Å². The van der Waals surface area contributed by atoms with Crippen molar-refractivity contribution in [2.45, 2.75) is 13.1 Å². The second-order valence-electron chi connectivity index (χ2n) is 5.18. The summed E-state index contributed by atoms with van der Waals surface area (Å²) >= 11 is 0. The molecule has 1 saturated heterocycles. The molecule has 4 heteroatoms. The average Bonchev–Trinajstić information content (AvgIpc) is 2.73. The first-order valence-corrected chi connectivity index (χ1v) is 6.49. The zero-order valence-corrected chi connectivity index (χ0v) is 10.7. The predicted molar refractivity (Wildman–Crippen MR) is 74.5 cm³/mol. The van der Waals surface area contributed by atoms with Gasteiger partial charge in [0, 0.05) is 0 Å². The molecule has 1 aliphatic rings. The van der Waals surface area contributed by atoms with E-state index in [1.807, 2.05) is 24.3 Å². The lowest BCUT2D eigenvalue weighted by Gasteiger charge is -2.36. The van der Waals surface area contributed by atoms with Crippen molar-refractivity contribution in [3.05, 3.63) is 42.0 Å². The van der Waals surface area contributed by atoms with Crippen molar-refractivity contribution < 1.29 is 4.39 Å². The number of alkyl halides is 1. The molecule has 0 bridgehead atoms. The van der Waals surface area contributed by atoms with Crippen molar-refractivity contribution >= 4 is 22.5 Å². The van der Waals surface area contributed by atoms with Gasteiger partial charge < -0.3 is 4.90 Å². The minimum atomic E-state index is -0.702. The molecule has 4 rings (SSSR count). The van der Waals surface area contributed by atoms with Gasteiger partial charge in [0.1, 0.15) is 17.6 Å². The number of nitrogens with zero attached hydrogens (tertiary/aromatic N) is 3. The molecule has 0 amide bonds. The number of anilines is 1. The standard InChI is InChI=1S/C15H14FN3/c1-10-5-6-12-13(7-10)19-14(17-12)3-2-4-15(19)18-8-11(16)9-18/h2-7,11H,8-9H2,1H3/i16-1. The van der Waals surface area contributed by atoms with Crippen LogP contribution in [0.25, 0.3) is 16.7 Å². The van der Waals surface area contributed by atoms with Crippen molar-refractivity contribution in [1.82, 2.24) is 9.38 Å². The number of hydrogen-bond donors (Lipinski definition) is 0. The van der Waals surface area contributed by atoms with E-state index in [4.69, 9.17) is 0 Å². The number of hydrogen-bond acceptors (Lipinski definition) is 2. The van der Waals surface area contributed by atoms with Crippen LogP contribution in [0, 0.1) is 6.92 Å². The fourth-order valence-electron chi connectivity index (χ4n) is 2.71. The Bertz CT molecular complexity index is 772. The number of pyridine rings is 1. The second kappa shape index (κ2) is 3.70. The Kier molecular flexibility index (Phi) is 2.10. The van der Waals surface area contributed by atoms with Gasteiger partial charge in [0.2, 0.25) is 0 Å². The minimum absolute atomic E-state index is 0.477. The summed E-state index contributed by atoms with van der Waals surface area (Å²) in [7, 11) is 0. The lowest BCUT2D eigenvalue weighted by atomic mass is 10.2. The van der Waals surface area contributed by atoms with Crippen LogP contribution in [0.1, 0.15) is 5.56 Å². The largest absolute Gasteiger partial charge is 0.352 e. The third-order valence-electron chi connectivity index (χ3n) is 3.72. The molecule has 0 N–H and O–H groups in total. The van der Waals surface area contributed by atoms with E-state index in [-0.39, 0.29) is 0 Å². The van der Waals surface area contributed by atoms with Crippen LogP contribution in [-0.2, 0) is 0 Å². The Morgan fingerprint density at radius 1 is 1.21 bits per heavy atom. The molecule has 0 spiro atoms. The molecular formula is C15H14FN3. The van der Waals surface area contributed by atoms with Crippen molar-refractivity contribution in [3.63, 3.8) is 0 Å². The summed E-state index contributed by atoms with van der Waals surface area (Å²) in [5.41, 5.74) is 4.19. The van der Waals surface area contributed by atoms with Crippen LogP contribution in [0.15, 0.2) is 36.4 Å². The zero-order valence-electron chi connectivity index (χ0n) is 10.7. The Labute approximate surface area is 110 Å². The number of fused-ring (bicyclic) bond motifs is 3. The van der Waals surface area contributed by atoms with E-state index in [2.05, 4.69) is 33.3 Å². The molecule has 2 aromatic heterocycles. The van der Waals surface area contributed by atoms with Crippen molar-refractivity contribution in [2.75, 3.05) is 18.0 Å². The highest BCUT2D eigenvalue weighted by Crippen LogP contribution is 2.28. The van der Waals surface area contributed by atoms with Gasteiger partial charge in [-0.15, -0.1) is 0 Å². The first-order chi connectivity index (χ1) is 9.22. The first kappa shape index (κ1) is 10.8. The number of rotatable bonds is 1. The fourth-order valence-corrected chi connectivity index (χ4v) is 2.71. The topological polar surface area (TPSA) is 20.5 Å². The molecule has 0 unspecified atom stereocenters. The summed E-state index contributed by atoms with van der Waals surface area (Å²) in [6.45, 7) is 3.03. The van der Waals surface area contributed by atoms with Gasteiger partial charge in [0.05, 0.1) is 24.1 Å². The summed E-state index contributed by atoms with van der Waals surface area (Å²) in [6, 6.07) is 12.2. The van der Waals surface area contributed by atoms with Crippen LogP contribution in [0.2, 0.25) is 0 Å². The Hall–Kier alpha value is -2.10. The van der Waals surface area contributed by atoms with E-state index in [0.717, 1.165) is 22.5 Å². The summed E-state index contributed by atoms with van der Waals surface area (Å²) < 4.78 is 15.2. The minimum Gasteiger partial charge on any atom is -0.352 e. The third kappa shape index (κ3) is 1.52. The molecule has 0 radical (unpaired) electrons. The molecular weight excluding hydrogens is 240 g/mol. The molecule has 96 valence electrons. The summed E-state index contributed by atoms with van der Waals surface area (Å²) in [5.74, 6) is 1.03. The highest BCUT2D eigenvalue weighted by molar-refractivity contribution is 5.83. The highest BCUT2D eigenvalue weighted by Gasteiger charge is 2.28. The maximum absolute atomic E-state index is 13.1. The van der Waals surface area contributed by atoms with Gasteiger partial charge in [-0.25, -0.2) is 9.37 Å². The number of aryl methyl sites for hydroxylation is 1. The number of halogens is 1. The van der Waals surface area contributed by atoms with Crippen molar-refractivity contribution in [1.29, 1.82) is 0 Å². The molecule has 0 aliphatic carbocycles. The molecule has 3 nitrogen and oxygen atoms in total. The quantitative estimate of drug-likeness (QED) is 0.665. The first-order valence-electron chi connectivity index (χ1n) is 6.49. The maximum atomic E-state index is 13.1. The third-order valence-corrected chi connectivity index (χ3v) is 3.72.